The fraction of sp³-hybridized carbons (Fsp3) is 0.421. The molecule has 0 spiro atoms. The van der Waals surface area contributed by atoms with Gasteiger partial charge >= 0.3 is 0 Å². The fourth-order valence-corrected chi connectivity index (χ4v) is 4.68. The van der Waals surface area contributed by atoms with Crippen molar-refractivity contribution in [2.24, 2.45) is 0 Å². The number of amides is 1. The van der Waals surface area contributed by atoms with Gasteiger partial charge in [0.05, 0.1) is 17.3 Å². The van der Waals surface area contributed by atoms with Gasteiger partial charge in [-0.15, -0.1) is 0 Å². The normalized spacial score (nSPS) is 18.0. The van der Waals surface area contributed by atoms with Crippen LogP contribution in [0.1, 0.15) is 47.2 Å². The van der Waals surface area contributed by atoms with Gasteiger partial charge < -0.3 is 5.32 Å². The van der Waals surface area contributed by atoms with Crippen LogP contribution in [0, 0.1) is 6.92 Å². The minimum Gasteiger partial charge on any atom is -0.322 e. The van der Waals surface area contributed by atoms with E-state index in [1.165, 1.54) is 28.9 Å². The zero-order valence-electron chi connectivity index (χ0n) is 16.6. The third kappa shape index (κ3) is 4.75. The van der Waals surface area contributed by atoms with Crippen molar-refractivity contribution in [3.05, 3.63) is 52.6 Å². The molecule has 1 N–H and O–H groups in total. The van der Waals surface area contributed by atoms with Crippen LogP contribution < -0.4 is 5.32 Å². The third-order valence-electron chi connectivity index (χ3n) is 4.85. The van der Waals surface area contributed by atoms with Gasteiger partial charge in [-0.1, -0.05) is 18.0 Å². The van der Waals surface area contributed by atoms with Crippen molar-refractivity contribution in [2.45, 2.75) is 32.2 Å². The molecule has 10 heteroatoms. The molecule has 1 atom stereocenters. The summed E-state index contributed by atoms with van der Waals surface area (Å²) in [4.78, 5) is 21.4. The molecule has 1 fully saturated rings. The maximum absolute atomic E-state index is 12.7. The Bertz CT molecular complexity index is 995. The van der Waals surface area contributed by atoms with Gasteiger partial charge in [0.25, 0.3) is 16.1 Å². The van der Waals surface area contributed by atoms with Crippen LogP contribution in [0.2, 0.25) is 5.02 Å². The lowest BCUT2D eigenvalue weighted by atomic mass is 10.0. The van der Waals surface area contributed by atoms with E-state index in [1.54, 1.807) is 31.2 Å². The summed E-state index contributed by atoms with van der Waals surface area (Å²) in [6.45, 7) is 2.14. The fourth-order valence-electron chi connectivity index (χ4n) is 3.25. The molecule has 1 aromatic heterocycles. The third-order valence-corrected chi connectivity index (χ3v) is 7.06. The number of aryl methyl sites for hydroxylation is 1. The number of nitrogens with one attached hydrogen (secondary N) is 1. The number of aromatic nitrogens is 2. The number of rotatable bonds is 5. The highest BCUT2D eigenvalue weighted by atomic mass is 35.5. The Morgan fingerprint density at radius 3 is 2.55 bits per heavy atom. The number of hydrogen-bond acceptors (Lipinski definition) is 5. The van der Waals surface area contributed by atoms with Crippen molar-refractivity contribution >= 4 is 33.4 Å². The van der Waals surface area contributed by atoms with Crippen LogP contribution >= 0.6 is 11.6 Å². The molecule has 0 bridgehead atoms. The second-order valence-electron chi connectivity index (χ2n) is 7.10. The SMILES string of the molecule is Cc1nc([C@@H]2CCCCN2S(=O)(=O)N(C)C)ncc1C(=O)Nc1ccc(Cl)cc1. The molecule has 1 aliphatic heterocycles. The number of piperidine rings is 1. The summed E-state index contributed by atoms with van der Waals surface area (Å²) in [5.41, 5.74) is 1.44. The Hall–Kier alpha value is -2.07. The summed E-state index contributed by atoms with van der Waals surface area (Å²) in [5.74, 6) is 0.0773. The van der Waals surface area contributed by atoms with E-state index in [1.807, 2.05) is 0 Å². The molecule has 8 nitrogen and oxygen atoms in total. The van der Waals surface area contributed by atoms with E-state index in [0.29, 0.717) is 40.8 Å². The Kier molecular flexibility index (Phi) is 6.52. The smallest absolute Gasteiger partial charge is 0.282 e. The van der Waals surface area contributed by atoms with Crippen LogP contribution in [0.3, 0.4) is 0 Å². The quantitative estimate of drug-likeness (QED) is 0.775. The van der Waals surface area contributed by atoms with E-state index < -0.39 is 16.3 Å². The van der Waals surface area contributed by atoms with Crippen LogP contribution in [0.25, 0.3) is 0 Å². The molecule has 1 aliphatic rings. The highest BCUT2D eigenvalue weighted by molar-refractivity contribution is 7.86. The second-order valence-corrected chi connectivity index (χ2v) is 9.63. The lowest BCUT2D eigenvalue weighted by molar-refractivity contribution is 0.102. The lowest BCUT2D eigenvalue weighted by Gasteiger charge is -2.35. The topological polar surface area (TPSA) is 95.5 Å². The largest absolute Gasteiger partial charge is 0.322 e. The molecule has 29 heavy (non-hydrogen) atoms. The van der Waals surface area contributed by atoms with E-state index >= 15 is 0 Å². The number of carbonyl (C=O) groups excluding carboxylic acids is 1. The average molecular weight is 438 g/mol. The average Bonchev–Trinajstić information content (AvgIpc) is 2.69. The molecule has 1 saturated heterocycles. The monoisotopic (exact) mass is 437 g/mol. The van der Waals surface area contributed by atoms with Gasteiger partial charge in [0, 0.05) is 37.5 Å². The highest BCUT2D eigenvalue weighted by Gasteiger charge is 2.36. The molecule has 0 saturated carbocycles. The summed E-state index contributed by atoms with van der Waals surface area (Å²) in [6.07, 6.45) is 3.79. The number of benzene rings is 1. The van der Waals surface area contributed by atoms with Gasteiger partial charge in [-0.3, -0.25) is 4.79 Å². The Labute approximate surface area is 176 Å². The molecule has 3 rings (SSSR count). The molecule has 0 unspecified atom stereocenters. The molecular weight excluding hydrogens is 414 g/mol. The predicted octanol–water partition coefficient (Wildman–Crippen LogP) is 3.02. The summed E-state index contributed by atoms with van der Waals surface area (Å²) in [7, 11) is -0.562. The van der Waals surface area contributed by atoms with Gasteiger partial charge in [-0.25, -0.2) is 9.97 Å². The maximum atomic E-state index is 12.7. The van der Waals surface area contributed by atoms with Crippen LogP contribution in [-0.4, -0.2) is 53.5 Å². The molecule has 1 amide bonds. The minimum atomic E-state index is -3.58. The van der Waals surface area contributed by atoms with E-state index in [-0.39, 0.29) is 5.91 Å². The second kappa shape index (κ2) is 8.74. The molecule has 2 aromatic rings. The number of halogens is 1. The predicted molar refractivity (Wildman–Crippen MR) is 112 cm³/mol. The summed E-state index contributed by atoms with van der Waals surface area (Å²) >= 11 is 5.86. The number of anilines is 1. The number of hydrogen-bond donors (Lipinski definition) is 1. The van der Waals surface area contributed by atoms with Crippen molar-refractivity contribution in [2.75, 3.05) is 26.0 Å². The van der Waals surface area contributed by atoms with Crippen LogP contribution in [-0.2, 0) is 10.2 Å². The van der Waals surface area contributed by atoms with Crippen molar-refractivity contribution in [1.29, 1.82) is 0 Å². The first-order valence-electron chi connectivity index (χ1n) is 9.30. The molecule has 0 aliphatic carbocycles. The first-order chi connectivity index (χ1) is 13.7. The van der Waals surface area contributed by atoms with Crippen LogP contribution in [0.15, 0.2) is 30.5 Å². The lowest BCUT2D eigenvalue weighted by Crippen LogP contribution is -2.45. The van der Waals surface area contributed by atoms with E-state index in [2.05, 4.69) is 15.3 Å². The van der Waals surface area contributed by atoms with Crippen molar-refractivity contribution in [3.8, 4) is 0 Å². The molecule has 0 radical (unpaired) electrons. The molecule has 156 valence electrons. The van der Waals surface area contributed by atoms with Crippen molar-refractivity contribution < 1.29 is 13.2 Å². The Morgan fingerprint density at radius 1 is 1.24 bits per heavy atom. The van der Waals surface area contributed by atoms with Gasteiger partial charge in [-0.2, -0.15) is 17.0 Å². The first-order valence-corrected chi connectivity index (χ1v) is 11.1. The minimum absolute atomic E-state index is 0.335. The maximum Gasteiger partial charge on any atom is 0.282 e. The molecule has 2 heterocycles. The molecular formula is C19H24ClN5O3S. The summed E-state index contributed by atoms with van der Waals surface area (Å²) in [5, 5.41) is 3.36. The van der Waals surface area contributed by atoms with E-state index in [9.17, 15) is 13.2 Å². The van der Waals surface area contributed by atoms with Gasteiger partial charge in [-0.05, 0) is 44.0 Å². The first kappa shape index (κ1) is 21.6. The van der Waals surface area contributed by atoms with Gasteiger partial charge in [0.1, 0.15) is 5.82 Å². The summed E-state index contributed by atoms with van der Waals surface area (Å²) < 4.78 is 28.0. The van der Waals surface area contributed by atoms with Crippen LogP contribution in [0.4, 0.5) is 5.69 Å². The standard InChI is InChI=1S/C19H24ClN5O3S/c1-13-16(19(26)23-15-9-7-14(20)8-10-15)12-21-18(22-13)17-6-4-5-11-25(17)29(27,28)24(2)3/h7-10,12,17H,4-6,11H2,1-3H3,(H,23,26)/t17-/m0/s1. The van der Waals surface area contributed by atoms with Crippen LogP contribution in [0.5, 0.6) is 0 Å². The zero-order valence-corrected chi connectivity index (χ0v) is 18.2. The van der Waals surface area contributed by atoms with E-state index in [4.69, 9.17) is 11.6 Å². The zero-order chi connectivity index (χ0) is 21.2. The van der Waals surface area contributed by atoms with E-state index in [0.717, 1.165) is 12.8 Å². The van der Waals surface area contributed by atoms with Gasteiger partial charge in [0.2, 0.25) is 0 Å². The van der Waals surface area contributed by atoms with Gasteiger partial charge in [0.15, 0.2) is 0 Å². The Balaban J connectivity index is 1.84. The van der Waals surface area contributed by atoms with Crippen molar-refractivity contribution in [1.82, 2.24) is 18.6 Å². The highest BCUT2D eigenvalue weighted by Crippen LogP contribution is 2.32. The number of nitrogens with zero attached hydrogens (tertiary/aromatic N) is 4. The molecule has 1 aromatic carbocycles. The Morgan fingerprint density at radius 2 is 1.93 bits per heavy atom. The summed E-state index contributed by atoms with van der Waals surface area (Å²) in [6, 6.07) is 6.34. The van der Waals surface area contributed by atoms with Crippen molar-refractivity contribution in [3.63, 3.8) is 0 Å². The number of carbonyl (C=O) groups is 1.